The summed E-state index contributed by atoms with van der Waals surface area (Å²) in [5, 5.41) is 18.7. The molecule has 0 saturated carbocycles. The number of nitrogens with zero attached hydrogens (tertiary/aromatic N) is 6. The van der Waals surface area contributed by atoms with E-state index in [0.29, 0.717) is 23.6 Å². The maximum atomic E-state index is 12.5. The van der Waals surface area contributed by atoms with Gasteiger partial charge in [0.15, 0.2) is 5.82 Å². The van der Waals surface area contributed by atoms with Gasteiger partial charge in [-0.2, -0.15) is 5.10 Å². The molecule has 2 heterocycles. The van der Waals surface area contributed by atoms with Crippen LogP contribution in [0.2, 0.25) is 0 Å². The summed E-state index contributed by atoms with van der Waals surface area (Å²) in [7, 11) is 0. The fourth-order valence-electron chi connectivity index (χ4n) is 2.31. The van der Waals surface area contributed by atoms with E-state index in [9.17, 15) is 4.79 Å². The largest absolute Gasteiger partial charge is 0.319 e. The molecule has 2 aromatic heterocycles. The molecule has 1 aromatic carbocycles. The Morgan fingerprint density at radius 2 is 2.17 bits per heavy atom. The minimum absolute atomic E-state index is 0.198. The molecule has 0 unspecified atom stereocenters. The number of nitrogens with one attached hydrogen (secondary N) is 1. The Morgan fingerprint density at radius 3 is 2.88 bits per heavy atom. The van der Waals surface area contributed by atoms with Crippen molar-refractivity contribution in [1.82, 2.24) is 30.0 Å². The van der Waals surface area contributed by atoms with Crippen molar-refractivity contribution in [1.29, 1.82) is 0 Å². The van der Waals surface area contributed by atoms with Crippen LogP contribution in [0.25, 0.3) is 11.4 Å². The predicted octanol–water partition coefficient (Wildman–Crippen LogP) is 2.39. The van der Waals surface area contributed by atoms with E-state index in [-0.39, 0.29) is 11.9 Å². The Morgan fingerprint density at radius 1 is 1.33 bits per heavy atom. The molecule has 0 radical (unpaired) electrons. The van der Waals surface area contributed by atoms with Crippen molar-refractivity contribution in [3.63, 3.8) is 0 Å². The van der Waals surface area contributed by atoms with Crippen LogP contribution in [0.3, 0.4) is 0 Å². The minimum atomic E-state index is -0.198. The molecular weight excluding hydrogens is 306 g/mol. The van der Waals surface area contributed by atoms with Gasteiger partial charge in [-0.15, -0.1) is 5.10 Å². The molecule has 0 aliphatic heterocycles. The second kappa shape index (κ2) is 6.61. The molecular formula is C16H19N7O. The first-order chi connectivity index (χ1) is 11.6. The zero-order chi connectivity index (χ0) is 17.1. The smallest absolute Gasteiger partial charge is 0.255 e. The highest BCUT2D eigenvalue weighted by molar-refractivity contribution is 6.04. The molecule has 3 aromatic rings. The van der Waals surface area contributed by atoms with Crippen LogP contribution < -0.4 is 5.32 Å². The standard InChI is InChI=1S/C16H19N7O/c1-4-22-15(19-20-21-22)12-6-5-7-13(8-12)16(24)18-14-9-17-23(10-14)11(2)3/h5-11H,4H2,1-3H3,(H,18,24). The van der Waals surface area contributed by atoms with Gasteiger partial charge in [0, 0.05) is 29.9 Å². The molecule has 0 aliphatic carbocycles. The summed E-state index contributed by atoms with van der Waals surface area (Å²) in [6.45, 7) is 6.68. The van der Waals surface area contributed by atoms with Crippen molar-refractivity contribution in [3.8, 4) is 11.4 Å². The molecule has 124 valence electrons. The maximum Gasteiger partial charge on any atom is 0.255 e. The second-order valence-electron chi connectivity index (χ2n) is 5.66. The van der Waals surface area contributed by atoms with Crippen LogP contribution in [0.15, 0.2) is 36.7 Å². The van der Waals surface area contributed by atoms with Crippen LogP contribution in [-0.2, 0) is 6.54 Å². The predicted molar refractivity (Wildman–Crippen MR) is 89.5 cm³/mol. The molecule has 0 spiro atoms. The van der Waals surface area contributed by atoms with Crippen LogP contribution in [0.5, 0.6) is 0 Å². The Kier molecular flexibility index (Phi) is 4.37. The average molecular weight is 325 g/mol. The Bertz CT molecular complexity index is 849. The Balaban J connectivity index is 1.81. The third-order valence-corrected chi connectivity index (χ3v) is 3.60. The lowest BCUT2D eigenvalue weighted by Crippen LogP contribution is -2.11. The van der Waals surface area contributed by atoms with E-state index < -0.39 is 0 Å². The van der Waals surface area contributed by atoms with Crippen LogP contribution >= 0.6 is 0 Å². The number of hydrogen-bond donors (Lipinski definition) is 1. The fourth-order valence-corrected chi connectivity index (χ4v) is 2.31. The Labute approximate surface area is 139 Å². The lowest BCUT2D eigenvalue weighted by Gasteiger charge is -2.06. The Hall–Kier alpha value is -3.03. The van der Waals surface area contributed by atoms with E-state index >= 15 is 0 Å². The van der Waals surface area contributed by atoms with Crippen LogP contribution in [0.4, 0.5) is 5.69 Å². The zero-order valence-corrected chi connectivity index (χ0v) is 13.8. The van der Waals surface area contributed by atoms with Gasteiger partial charge in [-0.25, -0.2) is 4.68 Å². The van der Waals surface area contributed by atoms with Gasteiger partial charge >= 0.3 is 0 Å². The number of rotatable bonds is 5. The molecule has 8 nitrogen and oxygen atoms in total. The summed E-state index contributed by atoms with van der Waals surface area (Å²) in [6.07, 6.45) is 3.45. The average Bonchev–Trinajstić information content (AvgIpc) is 3.23. The number of anilines is 1. The lowest BCUT2D eigenvalue weighted by atomic mass is 10.1. The highest BCUT2D eigenvalue weighted by Gasteiger charge is 2.12. The van der Waals surface area contributed by atoms with Crippen LogP contribution in [0, 0.1) is 0 Å². The van der Waals surface area contributed by atoms with Crippen molar-refractivity contribution < 1.29 is 4.79 Å². The number of benzene rings is 1. The van der Waals surface area contributed by atoms with Gasteiger partial charge in [0.1, 0.15) is 0 Å². The number of amides is 1. The van der Waals surface area contributed by atoms with E-state index in [1.165, 1.54) is 0 Å². The zero-order valence-electron chi connectivity index (χ0n) is 13.8. The minimum Gasteiger partial charge on any atom is -0.319 e. The van der Waals surface area contributed by atoms with E-state index in [2.05, 4.69) is 25.9 Å². The lowest BCUT2D eigenvalue weighted by molar-refractivity contribution is 0.102. The van der Waals surface area contributed by atoms with Gasteiger partial charge < -0.3 is 5.32 Å². The third-order valence-electron chi connectivity index (χ3n) is 3.60. The molecule has 1 N–H and O–H groups in total. The molecule has 0 atom stereocenters. The number of hydrogen-bond acceptors (Lipinski definition) is 5. The number of aryl methyl sites for hydroxylation is 1. The monoisotopic (exact) mass is 325 g/mol. The van der Waals surface area contributed by atoms with Gasteiger partial charge in [0.05, 0.1) is 11.9 Å². The van der Waals surface area contributed by atoms with Gasteiger partial charge in [0.25, 0.3) is 5.91 Å². The summed E-state index contributed by atoms with van der Waals surface area (Å²) in [4.78, 5) is 12.5. The van der Waals surface area contributed by atoms with Crippen molar-refractivity contribution in [2.24, 2.45) is 0 Å². The first-order valence-corrected chi connectivity index (χ1v) is 7.80. The van der Waals surface area contributed by atoms with Crippen molar-refractivity contribution in [2.75, 3.05) is 5.32 Å². The molecule has 0 fully saturated rings. The van der Waals surface area contributed by atoms with Gasteiger partial charge in [-0.3, -0.25) is 9.48 Å². The summed E-state index contributed by atoms with van der Waals surface area (Å²) < 4.78 is 3.48. The van der Waals surface area contributed by atoms with Crippen molar-refractivity contribution in [2.45, 2.75) is 33.4 Å². The normalized spacial score (nSPS) is 11.0. The van der Waals surface area contributed by atoms with E-state index in [0.717, 1.165) is 5.56 Å². The molecule has 3 rings (SSSR count). The van der Waals surface area contributed by atoms with Crippen LogP contribution in [-0.4, -0.2) is 35.9 Å². The third kappa shape index (κ3) is 3.17. The molecule has 1 amide bonds. The topological polar surface area (TPSA) is 90.5 Å². The number of aromatic nitrogens is 6. The first kappa shape index (κ1) is 15.9. The molecule has 0 bridgehead atoms. The highest BCUT2D eigenvalue weighted by Crippen LogP contribution is 2.18. The summed E-state index contributed by atoms with van der Waals surface area (Å²) in [6, 6.07) is 7.47. The SMILES string of the molecule is CCn1nnnc1-c1cccc(C(=O)Nc2cnn(C(C)C)c2)c1. The number of carbonyl (C=O) groups is 1. The highest BCUT2D eigenvalue weighted by atomic mass is 16.1. The second-order valence-corrected chi connectivity index (χ2v) is 5.66. The summed E-state index contributed by atoms with van der Waals surface area (Å²) >= 11 is 0. The number of carbonyl (C=O) groups excluding carboxylic acids is 1. The summed E-state index contributed by atoms with van der Waals surface area (Å²) in [5.41, 5.74) is 2.00. The fraction of sp³-hybridized carbons (Fsp3) is 0.312. The van der Waals surface area contributed by atoms with Gasteiger partial charge in [-0.05, 0) is 43.3 Å². The molecule has 0 saturated heterocycles. The number of tetrazole rings is 1. The van der Waals surface area contributed by atoms with Crippen molar-refractivity contribution >= 4 is 11.6 Å². The van der Waals surface area contributed by atoms with E-state index in [1.807, 2.05) is 39.1 Å². The van der Waals surface area contributed by atoms with Gasteiger partial charge in [0.2, 0.25) is 0 Å². The molecule has 24 heavy (non-hydrogen) atoms. The molecule has 0 aliphatic rings. The van der Waals surface area contributed by atoms with Crippen molar-refractivity contribution in [3.05, 3.63) is 42.2 Å². The summed E-state index contributed by atoms with van der Waals surface area (Å²) in [5.74, 6) is 0.440. The van der Waals surface area contributed by atoms with E-state index in [4.69, 9.17) is 0 Å². The van der Waals surface area contributed by atoms with E-state index in [1.54, 1.807) is 27.7 Å². The molecule has 8 heteroatoms. The van der Waals surface area contributed by atoms with Gasteiger partial charge in [-0.1, -0.05) is 12.1 Å². The van der Waals surface area contributed by atoms with Crippen LogP contribution in [0.1, 0.15) is 37.2 Å². The maximum absolute atomic E-state index is 12.5. The first-order valence-electron chi connectivity index (χ1n) is 7.80. The quantitative estimate of drug-likeness (QED) is 0.778.